The summed E-state index contributed by atoms with van der Waals surface area (Å²) in [7, 11) is 3.35. The molecule has 2 aromatic rings. The molecule has 16 heavy (non-hydrogen) atoms. The van der Waals surface area contributed by atoms with Gasteiger partial charge in [-0.3, -0.25) is 9.59 Å². The fraction of sp³-hybridized carbons (Fsp3) is 0.300. The minimum atomic E-state index is -0.198. The molecule has 0 saturated carbocycles. The third-order valence-electron chi connectivity index (χ3n) is 2.14. The number of rotatable bonds is 1. The number of aromatic amines is 1. The number of hydrogen-bond acceptors (Lipinski definition) is 4. The molecule has 0 fully saturated rings. The lowest BCUT2D eigenvalue weighted by molar-refractivity contribution is 0.0832. The van der Waals surface area contributed by atoms with Gasteiger partial charge in [-0.2, -0.15) is 0 Å². The summed E-state index contributed by atoms with van der Waals surface area (Å²) in [4.78, 5) is 32.7. The van der Waals surface area contributed by atoms with Gasteiger partial charge in [0.05, 0.1) is 10.3 Å². The van der Waals surface area contributed by atoms with Crippen LogP contribution in [0, 0.1) is 6.92 Å². The molecule has 6 heteroatoms. The number of carbonyl (C=O) groups is 1. The van der Waals surface area contributed by atoms with Crippen molar-refractivity contribution >= 4 is 27.5 Å². The monoisotopic (exact) mass is 237 g/mol. The Morgan fingerprint density at radius 1 is 1.50 bits per heavy atom. The van der Waals surface area contributed by atoms with Gasteiger partial charge >= 0.3 is 0 Å². The second kappa shape index (κ2) is 3.71. The van der Waals surface area contributed by atoms with Crippen molar-refractivity contribution in [2.75, 3.05) is 14.1 Å². The Morgan fingerprint density at radius 2 is 2.19 bits per heavy atom. The second-order valence-corrected chi connectivity index (χ2v) is 4.71. The maximum absolute atomic E-state index is 11.7. The lowest BCUT2D eigenvalue weighted by Gasteiger charge is -2.06. The molecular weight excluding hydrogens is 226 g/mol. The molecule has 0 radical (unpaired) electrons. The predicted octanol–water partition coefficient (Wildman–Crippen LogP) is 0.995. The smallest absolute Gasteiger partial charge is 0.263 e. The third-order valence-corrected chi connectivity index (χ3v) is 3.15. The van der Waals surface area contributed by atoms with E-state index in [1.54, 1.807) is 27.1 Å². The Hall–Kier alpha value is -1.69. The van der Waals surface area contributed by atoms with Crippen LogP contribution in [0.3, 0.4) is 0 Å². The average molecular weight is 237 g/mol. The highest BCUT2D eigenvalue weighted by Gasteiger charge is 2.14. The number of amides is 1. The van der Waals surface area contributed by atoms with Crippen LogP contribution >= 0.6 is 11.3 Å². The Balaban J connectivity index is 2.65. The van der Waals surface area contributed by atoms with E-state index in [1.165, 1.54) is 16.2 Å². The zero-order chi connectivity index (χ0) is 11.9. The number of hydrogen-bond donors (Lipinski definition) is 1. The fourth-order valence-electron chi connectivity index (χ4n) is 1.36. The molecule has 0 saturated heterocycles. The molecule has 0 aromatic carbocycles. The zero-order valence-electron chi connectivity index (χ0n) is 9.20. The Bertz CT molecular complexity index is 612. The topological polar surface area (TPSA) is 66.1 Å². The van der Waals surface area contributed by atoms with Gasteiger partial charge in [0.15, 0.2) is 0 Å². The summed E-state index contributed by atoms with van der Waals surface area (Å²) in [5, 5.41) is 0.473. The first kappa shape index (κ1) is 10.8. The lowest BCUT2D eigenvalue weighted by atomic mass is 10.3. The first-order valence-corrected chi connectivity index (χ1v) is 5.53. The van der Waals surface area contributed by atoms with Crippen LogP contribution in [-0.4, -0.2) is 34.9 Å². The number of aromatic nitrogens is 2. The molecule has 5 nitrogen and oxygen atoms in total. The summed E-state index contributed by atoms with van der Waals surface area (Å²) in [6.45, 7) is 1.72. The van der Waals surface area contributed by atoms with Crippen LogP contribution in [0.1, 0.15) is 15.5 Å². The number of carbonyl (C=O) groups excluding carboxylic acids is 1. The van der Waals surface area contributed by atoms with Crippen molar-refractivity contribution in [3.05, 3.63) is 27.1 Å². The van der Waals surface area contributed by atoms with E-state index in [2.05, 4.69) is 9.97 Å². The van der Waals surface area contributed by atoms with Crippen molar-refractivity contribution in [2.45, 2.75) is 6.92 Å². The molecule has 2 aromatic heterocycles. The summed E-state index contributed by atoms with van der Waals surface area (Å²) < 4.78 is 0. The van der Waals surface area contributed by atoms with E-state index in [0.29, 0.717) is 20.9 Å². The van der Waals surface area contributed by atoms with Crippen molar-refractivity contribution in [2.24, 2.45) is 0 Å². The number of H-pyrrole nitrogens is 1. The van der Waals surface area contributed by atoms with Crippen LogP contribution in [0.15, 0.2) is 10.9 Å². The summed E-state index contributed by atoms with van der Waals surface area (Å²) in [6.07, 6.45) is 0. The van der Waals surface area contributed by atoms with Crippen LogP contribution in [0.4, 0.5) is 0 Å². The second-order valence-electron chi connectivity index (χ2n) is 3.68. The van der Waals surface area contributed by atoms with Gasteiger partial charge in [-0.1, -0.05) is 0 Å². The lowest BCUT2D eigenvalue weighted by Crippen LogP contribution is -2.20. The highest BCUT2D eigenvalue weighted by molar-refractivity contribution is 7.20. The normalized spacial score (nSPS) is 10.7. The number of fused-ring (bicyclic) bond motifs is 1. The molecule has 84 valence electrons. The molecule has 1 N–H and O–H groups in total. The van der Waals surface area contributed by atoms with Crippen LogP contribution < -0.4 is 5.56 Å². The molecule has 0 aliphatic carbocycles. The number of thiophene rings is 1. The molecule has 1 amide bonds. The predicted molar refractivity (Wildman–Crippen MR) is 63.0 cm³/mol. The van der Waals surface area contributed by atoms with Gasteiger partial charge in [0.2, 0.25) is 0 Å². The van der Waals surface area contributed by atoms with Crippen molar-refractivity contribution < 1.29 is 4.79 Å². The highest BCUT2D eigenvalue weighted by atomic mass is 32.1. The van der Waals surface area contributed by atoms with E-state index in [4.69, 9.17) is 0 Å². The van der Waals surface area contributed by atoms with Gasteiger partial charge in [-0.05, 0) is 13.0 Å². The van der Waals surface area contributed by atoms with Crippen LogP contribution in [-0.2, 0) is 0 Å². The van der Waals surface area contributed by atoms with Gasteiger partial charge < -0.3 is 9.88 Å². The van der Waals surface area contributed by atoms with E-state index in [-0.39, 0.29) is 11.5 Å². The molecular formula is C10H11N3O2S. The van der Waals surface area contributed by atoms with E-state index in [1.807, 2.05) is 0 Å². The van der Waals surface area contributed by atoms with Gasteiger partial charge in [-0.15, -0.1) is 11.3 Å². The minimum Gasteiger partial charge on any atom is -0.344 e. The quantitative estimate of drug-likeness (QED) is 0.804. The highest BCUT2D eigenvalue weighted by Crippen LogP contribution is 2.21. The van der Waals surface area contributed by atoms with Crippen LogP contribution in [0.25, 0.3) is 10.2 Å². The fourth-order valence-corrected chi connectivity index (χ4v) is 2.46. The van der Waals surface area contributed by atoms with Crippen molar-refractivity contribution in [1.82, 2.24) is 14.9 Å². The zero-order valence-corrected chi connectivity index (χ0v) is 10.0. The van der Waals surface area contributed by atoms with E-state index in [9.17, 15) is 9.59 Å². The van der Waals surface area contributed by atoms with Crippen molar-refractivity contribution in [3.8, 4) is 0 Å². The standard InChI is InChI=1S/C10H11N3O2S/c1-5-11-8(14)6-4-7(10(15)13(2)3)16-9(6)12-5/h4H,1-3H3,(H,11,12,14). The SMILES string of the molecule is Cc1nc2sc(C(=O)N(C)C)cc2c(=O)[nH]1. The molecule has 2 heterocycles. The molecule has 0 unspecified atom stereocenters. The molecule has 0 spiro atoms. The maximum Gasteiger partial charge on any atom is 0.263 e. The Kier molecular flexibility index (Phi) is 2.51. The van der Waals surface area contributed by atoms with Gasteiger partial charge in [0.1, 0.15) is 10.7 Å². The van der Waals surface area contributed by atoms with Gasteiger partial charge in [-0.25, -0.2) is 4.98 Å². The molecule has 2 rings (SSSR count). The van der Waals surface area contributed by atoms with Crippen LogP contribution in [0.5, 0.6) is 0 Å². The summed E-state index contributed by atoms with van der Waals surface area (Å²) >= 11 is 1.24. The van der Waals surface area contributed by atoms with E-state index in [0.717, 1.165) is 0 Å². The summed E-state index contributed by atoms with van der Waals surface area (Å²) in [5.41, 5.74) is -0.198. The number of aryl methyl sites for hydroxylation is 1. The number of nitrogens with one attached hydrogen (secondary N) is 1. The van der Waals surface area contributed by atoms with E-state index < -0.39 is 0 Å². The molecule has 0 atom stereocenters. The van der Waals surface area contributed by atoms with Crippen molar-refractivity contribution in [3.63, 3.8) is 0 Å². The first-order valence-electron chi connectivity index (χ1n) is 4.71. The summed E-state index contributed by atoms with van der Waals surface area (Å²) in [6, 6.07) is 1.59. The Morgan fingerprint density at radius 3 is 2.81 bits per heavy atom. The summed E-state index contributed by atoms with van der Waals surface area (Å²) in [5.74, 6) is 0.447. The first-order chi connectivity index (χ1) is 7.49. The third kappa shape index (κ3) is 1.71. The van der Waals surface area contributed by atoms with E-state index >= 15 is 0 Å². The van der Waals surface area contributed by atoms with Crippen LogP contribution in [0.2, 0.25) is 0 Å². The molecule has 0 aliphatic rings. The Labute approximate surface area is 95.7 Å². The van der Waals surface area contributed by atoms with Gasteiger partial charge in [0.25, 0.3) is 11.5 Å². The average Bonchev–Trinajstić information content (AvgIpc) is 2.60. The largest absolute Gasteiger partial charge is 0.344 e. The number of nitrogens with zero attached hydrogens (tertiary/aromatic N) is 2. The van der Waals surface area contributed by atoms with Gasteiger partial charge in [0, 0.05) is 14.1 Å². The molecule has 0 bridgehead atoms. The minimum absolute atomic E-state index is 0.111. The van der Waals surface area contributed by atoms with Crippen molar-refractivity contribution in [1.29, 1.82) is 0 Å². The molecule has 0 aliphatic heterocycles. The maximum atomic E-state index is 11.7.